The lowest BCUT2D eigenvalue weighted by Gasteiger charge is -2.24. The van der Waals surface area contributed by atoms with Crippen LogP contribution in [0.3, 0.4) is 0 Å². The number of hydrogen-bond donors (Lipinski definition) is 1. The Hall–Kier alpha value is -1.50. The van der Waals surface area contributed by atoms with Crippen molar-refractivity contribution >= 4 is 5.82 Å². The van der Waals surface area contributed by atoms with Crippen LogP contribution in [-0.4, -0.2) is 15.8 Å². The Morgan fingerprint density at radius 1 is 1.33 bits per heavy atom. The minimum absolute atomic E-state index is 0.467. The van der Waals surface area contributed by atoms with Crippen LogP contribution in [0, 0.1) is 24.2 Å². The van der Waals surface area contributed by atoms with Gasteiger partial charge in [0.25, 0.3) is 0 Å². The lowest BCUT2D eigenvalue weighted by molar-refractivity contribution is 0.453. The number of aryl methyl sites for hydroxylation is 2. The maximum Gasteiger partial charge on any atom is 0.142 e. The van der Waals surface area contributed by atoms with Crippen molar-refractivity contribution in [3.8, 4) is 6.07 Å². The zero-order valence-electron chi connectivity index (χ0n) is 11.5. The van der Waals surface area contributed by atoms with Crippen LogP contribution in [0.2, 0.25) is 0 Å². The topological polar surface area (TPSA) is 53.6 Å². The molecule has 0 radical (unpaired) electrons. The average Bonchev–Trinajstić information content (AvgIpc) is 2.49. The summed E-state index contributed by atoms with van der Waals surface area (Å²) in [7, 11) is 1.90. The fourth-order valence-electron chi connectivity index (χ4n) is 2.84. The maximum absolute atomic E-state index is 9.22. The third-order valence-corrected chi connectivity index (χ3v) is 4.02. The monoisotopic (exact) mass is 246 g/mol. The normalized spacial score (nSPS) is 24.3. The molecule has 1 aliphatic carbocycles. The molecule has 0 amide bonds. The van der Waals surface area contributed by atoms with Crippen molar-refractivity contribution in [2.75, 3.05) is 5.32 Å². The third-order valence-electron chi connectivity index (χ3n) is 4.02. The van der Waals surface area contributed by atoms with E-state index in [1.807, 2.05) is 14.0 Å². The second kappa shape index (κ2) is 5.43. The highest BCUT2D eigenvalue weighted by Crippen LogP contribution is 2.27. The van der Waals surface area contributed by atoms with Crippen LogP contribution in [0.1, 0.15) is 50.3 Å². The lowest BCUT2D eigenvalue weighted by atomic mass is 9.97. The molecule has 98 valence electrons. The van der Waals surface area contributed by atoms with Crippen molar-refractivity contribution in [2.45, 2.75) is 52.0 Å². The first-order valence-electron chi connectivity index (χ1n) is 6.83. The minimum Gasteiger partial charge on any atom is -0.366 e. The van der Waals surface area contributed by atoms with Crippen molar-refractivity contribution in [2.24, 2.45) is 13.0 Å². The molecule has 1 saturated carbocycles. The van der Waals surface area contributed by atoms with Gasteiger partial charge in [-0.25, -0.2) is 0 Å². The molecule has 2 unspecified atom stereocenters. The number of nitrogens with zero attached hydrogens (tertiary/aromatic N) is 3. The number of rotatable bonds is 2. The van der Waals surface area contributed by atoms with E-state index in [4.69, 9.17) is 0 Å². The second-order valence-corrected chi connectivity index (χ2v) is 5.41. The van der Waals surface area contributed by atoms with Crippen molar-refractivity contribution in [3.63, 3.8) is 0 Å². The number of nitriles is 1. The molecule has 1 fully saturated rings. The lowest BCUT2D eigenvalue weighted by Crippen LogP contribution is -2.27. The number of anilines is 1. The molecule has 1 aromatic rings. The molecule has 18 heavy (non-hydrogen) atoms. The molecule has 1 aliphatic rings. The standard InChI is InChI=1S/C14H22N4/c1-10-7-5-4-6-8-13(10)16-14-12(9-15)11(2)17-18(14)3/h10,13,16H,4-8H2,1-3H3. The highest BCUT2D eigenvalue weighted by Gasteiger charge is 2.22. The van der Waals surface area contributed by atoms with Crippen molar-refractivity contribution in [1.82, 2.24) is 9.78 Å². The summed E-state index contributed by atoms with van der Waals surface area (Å²) in [5.74, 6) is 1.54. The molecule has 1 heterocycles. The van der Waals surface area contributed by atoms with Crippen LogP contribution >= 0.6 is 0 Å². The molecule has 1 N–H and O–H groups in total. The fourth-order valence-corrected chi connectivity index (χ4v) is 2.84. The SMILES string of the molecule is Cc1nn(C)c(NC2CCCCCC2C)c1C#N. The van der Waals surface area contributed by atoms with E-state index in [1.165, 1.54) is 32.1 Å². The average molecular weight is 246 g/mol. The predicted octanol–water partition coefficient (Wildman–Crippen LogP) is 2.98. The third kappa shape index (κ3) is 2.50. The molecular weight excluding hydrogens is 224 g/mol. The van der Waals surface area contributed by atoms with E-state index >= 15 is 0 Å². The van der Waals surface area contributed by atoms with Gasteiger partial charge in [0.15, 0.2) is 0 Å². The Kier molecular flexibility index (Phi) is 3.90. The van der Waals surface area contributed by atoms with E-state index < -0.39 is 0 Å². The van der Waals surface area contributed by atoms with E-state index in [2.05, 4.69) is 23.4 Å². The van der Waals surface area contributed by atoms with Crippen LogP contribution in [0.25, 0.3) is 0 Å². The number of aromatic nitrogens is 2. The second-order valence-electron chi connectivity index (χ2n) is 5.41. The predicted molar refractivity (Wildman–Crippen MR) is 72.3 cm³/mol. The largest absolute Gasteiger partial charge is 0.366 e. The zero-order valence-corrected chi connectivity index (χ0v) is 11.5. The minimum atomic E-state index is 0.467. The van der Waals surface area contributed by atoms with Crippen molar-refractivity contribution < 1.29 is 0 Å². The molecule has 0 bridgehead atoms. The molecule has 0 aromatic carbocycles. The number of nitrogens with one attached hydrogen (secondary N) is 1. The highest BCUT2D eigenvalue weighted by atomic mass is 15.3. The Balaban J connectivity index is 2.20. The first-order chi connectivity index (χ1) is 8.63. The van der Waals surface area contributed by atoms with Gasteiger partial charge in [0.1, 0.15) is 17.5 Å². The van der Waals surface area contributed by atoms with E-state index in [9.17, 15) is 5.26 Å². The Morgan fingerprint density at radius 2 is 2.06 bits per heavy atom. The molecule has 1 aromatic heterocycles. The van der Waals surface area contributed by atoms with Gasteiger partial charge in [0, 0.05) is 13.1 Å². The quantitative estimate of drug-likeness (QED) is 0.816. The number of hydrogen-bond acceptors (Lipinski definition) is 3. The van der Waals surface area contributed by atoms with E-state index in [0.29, 0.717) is 17.5 Å². The van der Waals surface area contributed by atoms with E-state index in [-0.39, 0.29) is 0 Å². The summed E-state index contributed by atoms with van der Waals surface area (Å²) in [6.45, 7) is 4.19. The zero-order chi connectivity index (χ0) is 13.1. The van der Waals surface area contributed by atoms with E-state index in [0.717, 1.165) is 11.5 Å². The van der Waals surface area contributed by atoms with Gasteiger partial charge < -0.3 is 5.32 Å². The molecule has 4 heteroatoms. The van der Waals surface area contributed by atoms with Gasteiger partial charge in [-0.3, -0.25) is 4.68 Å². The first-order valence-corrected chi connectivity index (χ1v) is 6.83. The molecule has 2 atom stereocenters. The fraction of sp³-hybridized carbons (Fsp3) is 0.714. The first kappa shape index (κ1) is 12.9. The van der Waals surface area contributed by atoms with Gasteiger partial charge in [-0.1, -0.05) is 26.2 Å². The van der Waals surface area contributed by atoms with Crippen molar-refractivity contribution in [3.05, 3.63) is 11.3 Å². The van der Waals surface area contributed by atoms with Gasteiger partial charge in [-0.15, -0.1) is 0 Å². The highest BCUT2D eigenvalue weighted by molar-refractivity contribution is 5.55. The summed E-state index contributed by atoms with van der Waals surface area (Å²) in [4.78, 5) is 0. The van der Waals surface area contributed by atoms with Crippen LogP contribution in [0.15, 0.2) is 0 Å². The molecule has 0 saturated heterocycles. The van der Waals surface area contributed by atoms with Crippen LogP contribution in [0.5, 0.6) is 0 Å². The van der Waals surface area contributed by atoms with Gasteiger partial charge in [-0.05, 0) is 25.7 Å². The maximum atomic E-state index is 9.22. The van der Waals surface area contributed by atoms with E-state index in [1.54, 1.807) is 4.68 Å². The Morgan fingerprint density at radius 3 is 2.78 bits per heavy atom. The summed E-state index contributed by atoms with van der Waals surface area (Å²) in [5, 5.41) is 17.1. The summed E-state index contributed by atoms with van der Waals surface area (Å²) in [5.41, 5.74) is 1.50. The van der Waals surface area contributed by atoms with Crippen LogP contribution in [-0.2, 0) is 7.05 Å². The molecule has 2 rings (SSSR count). The molecule has 0 aliphatic heterocycles. The molecular formula is C14H22N4. The summed E-state index contributed by atoms with van der Waals surface area (Å²) in [6, 6.07) is 2.73. The van der Waals surface area contributed by atoms with Crippen LogP contribution in [0.4, 0.5) is 5.82 Å². The molecule has 0 spiro atoms. The Bertz CT molecular complexity index is 455. The summed E-state index contributed by atoms with van der Waals surface area (Å²) in [6.07, 6.45) is 6.40. The van der Waals surface area contributed by atoms with Gasteiger partial charge >= 0.3 is 0 Å². The van der Waals surface area contributed by atoms with Gasteiger partial charge in [0.2, 0.25) is 0 Å². The smallest absolute Gasteiger partial charge is 0.142 e. The Labute approximate surface area is 109 Å². The summed E-state index contributed by atoms with van der Waals surface area (Å²) >= 11 is 0. The van der Waals surface area contributed by atoms with Gasteiger partial charge in [0.05, 0.1) is 5.69 Å². The van der Waals surface area contributed by atoms with Crippen molar-refractivity contribution in [1.29, 1.82) is 5.26 Å². The van der Waals surface area contributed by atoms with Crippen LogP contribution < -0.4 is 5.32 Å². The molecule has 4 nitrogen and oxygen atoms in total. The van der Waals surface area contributed by atoms with Gasteiger partial charge in [-0.2, -0.15) is 10.4 Å². The summed E-state index contributed by atoms with van der Waals surface area (Å²) < 4.78 is 1.80.